The van der Waals surface area contributed by atoms with Crippen LogP contribution in [0, 0.1) is 0 Å². The van der Waals surface area contributed by atoms with Crippen molar-refractivity contribution in [2.75, 3.05) is 7.11 Å². The molecular formula is C20H22N4O2S. The first-order valence-electron chi connectivity index (χ1n) is 8.61. The molecule has 1 amide bonds. The van der Waals surface area contributed by atoms with Crippen LogP contribution in [0.15, 0.2) is 59.8 Å². The van der Waals surface area contributed by atoms with Crippen LogP contribution in [0.25, 0.3) is 11.4 Å². The predicted octanol–water partition coefficient (Wildman–Crippen LogP) is 3.29. The fourth-order valence-corrected chi connectivity index (χ4v) is 3.46. The summed E-state index contributed by atoms with van der Waals surface area (Å²) in [5.74, 6) is 1.40. The minimum atomic E-state index is -0.290. The van der Waals surface area contributed by atoms with Gasteiger partial charge in [-0.25, -0.2) is 0 Å². The molecule has 0 saturated heterocycles. The number of benzene rings is 2. The first kappa shape index (κ1) is 19.0. The Bertz CT molecular complexity index is 911. The molecule has 0 spiro atoms. The molecule has 1 aromatic heterocycles. The molecule has 0 bridgehead atoms. The number of ether oxygens (including phenoxy) is 1. The van der Waals surface area contributed by atoms with Crippen LogP contribution in [0.5, 0.6) is 5.75 Å². The Kier molecular flexibility index (Phi) is 6.13. The molecule has 1 heterocycles. The van der Waals surface area contributed by atoms with E-state index < -0.39 is 0 Å². The molecule has 0 fully saturated rings. The van der Waals surface area contributed by atoms with Crippen LogP contribution in [0.3, 0.4) is 0 Å². The van der Waals surface area contributed by atoms with Gasteiger partial charge in [0.1, 0.15) is 5.75 Å². The molecule has 0 radical (unpaired) electrons. The van der Waals surface area contributed by atoms with Gasteiger partial charge < -0.3 is 14.6 Å². The highest BCUT2D eigenvalue weighted by Crippen LogP contribution is 2.31. The van der Waals surface area contributed by atoms with Gasteiger partial charge >= 0.3 is 0 Å². The van der Waals surface area contributed by atoms with Gasteiger partial charge in [-0.1, -0.05) is 54.2 Å². The number of hydrogen-bond donors (Lipinski definition) is 1. The van der Waals surface area contributed by atoms with Gasteiger partial charge in [0.2, 0.25) is 5.91 Å². The third-order valence-corrected chi connectivity index (χ3v) is 5.28. The summed E-state index contributed by atoms with van der Waals surface area (Å²) in [7, 11) is 3.52. The maximum absolute atomic E-state index is 12.4. The highest BCUT2D eigenvalue weighted by molar-refractivity contribution is 8.00. The number of nitrogens with zero attached hydrogens (tertiary/aromatic N) is 3. The van der Waals surface area contributed by atoms with Crippen molar-refractivity contribution in [3.8, 4) is 17.1 Å². The van der Waals surface area contributed by atoms with Crippen molar-refractivity contribution in [3.05, 3.63) is 60.2 Å². The Morgan fingerprint density at radius 2 is 1.85 bits per heavy atom. The average Bonchev–Trinajstić information content (AvgIpc) is 3.06. The van der Waals surface area contributed by atoms with Gasteiger partial charge in [0.15, 0.2) is 11.0 Å². The molecule has 3 aromatic rings. The number of aromatic nitrogens is 3. The fraction of sp³-hybridized carbons (Fsp3) is 0.250. The third kappa shape index (κ3) is 4.49. The Labute approximate surface area is 163 Å². The Morgan fingerprint density at radius 1 is 1.15 bits per heavy atom. The molecule has 0 aliphatic rings. The number of carbonyl (C=O) groups excluding carboxylic acids is 1. The van der Waals surface area contributed by atoms with Gasteiger partial charge in [-0.2, -0.15) is 0 Å². The Balaban J connectivity index is 1.67. The van der Waals surface area contributed by atoms with Crippen molar-refractivity contribution in [2.45, 2.75) is 23.9 Å². The number of carbonyl (C=O) groups is 1. The number of amides is 1. The minimum Gasteiger partial charge on any atom is -0.496 e. The topological polar surface area (TPSA) is 69.0 Å². The van der Waals surface area contributed by atoms with Crippen LogP contribution in [0.4, 0.5) is 0 Å². The number of rotatable bonds is 7. The number of thioether (sulfide) groups is 1. The van der Waals surface area contributed by atoms with Crippen molar-refractivity contribution >= 4 is 17.7 Å². The second-order valence-electron chi connectivity index (χ2n) is 6.03. The molecule has 2 aromatic carbocycles. The lowest BCUT2D eigenvalue weighted by Crippen LogP contribution is -2.30. The highest BCUT2D eigenvalue weighted by atomic mass is 32.2. The standard InChI is InChI=1S/C20H22N4O2S/c1-14(19(25)21-13-15-9-5-4-6-10-15)27-20-23-22-18(24(20)2)16-11-7-8-12-17(16)26-3/h4-12,14H,13H2,1-3H3,(H,21,25)/t14-/m0/s1. The number of hydrogen-bond acceptors (Lipinski definition) is 5. The van der Waals surface area contributed by atoms with Crippen molar-refractivity contribution in [1.29, 1.82) is 0 Å². The molecule has 140 valence electrons. The third-order valence-electron chi connectivity index (χ3n) is 4.14. The second kappa shape index (κ2) is 8.73. The molecule has 0 unspecified atom stereocenters. The molecule has 3 rings (SSSR count). The molecule has 0 aliphatic carbocycles. The van der Waals surface area contributed by atoms with Crippen molar-refractivity contribution < 1.29 is 9.53 Å². The quantitative estimate of drug-likeness (QED) is 0.635. The molecule has 27 heavy (non-hydrogen) atoms. The maximum Gasteiger partial charge on any atom is 0.233 e. The van der Waals surface area contributed by atoms with E-state index in [1.165, 1.54) is 11.8 Å². The van der Waals surface area contributed by atoms with Crippen LogP contribution in [0.1, 0.15) is 12.5 Å². The van der Waals surface area contributed by atoms with E-state index in [1.807, 2.05) is 73.1 Å². The smallest absolute Gasteiger partial charge is 0.233 e. The van der Waals surface area contributed by atoms with E-state index in [4.69, 9.17) is 4.74 Å². The van der Waals surface area contributed by atoms with Crippen LogP contribution >= 0.6 is 11.8 Å². The molecule has 1 N–H and O–H groups in total. The SMILES string of the molecule is COc1ccccc1-c1nnc(S[C@@H](C)C(=O)NCc2ccccc2)n1C. The van der Waals surface area contributed by atoms with Gasteiger partial charge in [0.25, 0.3) is 0 Å². The number of nitrogens with one attached hydrogen (secondary N) is 1. The lowest BCUT2D eigenvalue weighted by molar-refractivity contribution is -0.120. The summed E-state index contributed by atoms with van der Waals surface area (Å²) in [6.45, 7) is 2.37. The monoisotopic (exact) mass is 382 g/mol. The molecule has 0 saturated carbocycles. The summed E-state index contributed by atoms with van der Waals surface area (Å²) in [6, 6.07) is 17.5. The zero-order valence-electron chi connectivity index (χ0n) is 15.5. The average molecular weight is 382 g/mol. The minimum absolute atomic E-state index is 0.0364. The molecule has 1 atom stereocenters. The summed E-state index contributed by atoms with van der Waals surface area (Å²) in [6.07, 6.45) is 0. The van der Waals surface area contributed by atoms with E-state index in [2.05, 4.69) is 15.5 Å². The van der Waals surface area contributed by atoms with E-state index >= 15 is 0 Å². The summed E-state index contributed by atoms with van der Waals surface area (Å²) >= 11 is 1.38. The van der Waals surface area contributed by atoms with E-state index in [0.717, 1.165) is 16.9 Å². The van der Waals surface area contributed by atoms with Crippen molar-refractivity contribution in [2.24, 2.45) is 7.05 Å². The number of methoxy groups -OCH3 is 1. The Hall–Kier alpha value is -2.80. The first-order valence-corrected chi connectivity index (χ1v) is 9.49. The summed E-state index contributed by atoms with van der Waals surface area (Å²) in [5.41, 5.74) is 1.93. The number of para-hydroxylation sites is 1. The van der Waals surface area contributed by atoms with Crippen LogP contribution in [-0.2, 0) is 18.4 Å². The highest BCUT2D eigenvalue weighted by Gasteiger charge is 2.20. The van der Waals surface area contributed by atoms with Gasteiger partial charge in [0.05, 0.1) is 17.9 Å². The van der Waals surface area contributed by atoms with Gasteiger partial charge in [0, 0.05) is 13.6 Å². The molecule has 0 aliphatic heterocycles. The van der Waals surface area contributed by atoms with Crippen LogP contribution in [0.2, 0.25) is 0 Å². The normalized spacial score (nSPS) is 11.8. The maximum atomic E-state index is 12.4. The first-order chi connectivity index (χ1) is 13.1. The fourth-order valence-electron chi connectivity index (χ4n) is 2.62. The van der Waals surface area contributed by atoms with Crippen molar-refractivity contribution in [1.82, 2.24) is 20.1 Å². The lowest BCUT2D eigenvalue weighted by atomic mass is 10.2. The summed E-state index contributed by atoms with van der Waals surface area (Å²) in [5, 5.41) is 11.9. The summed E-state index contributed by atoms with van der Waals surface area (Å²) < 4.78 is 7.28. The molecular weight excluding hydrogens is 360 g/mol. The lowest BCUT2D eigenvalue weighted by Gasteiger charge is -2.12. The second-order valence-corrected chi connectivity index (χ2v) is 7.34. The van der Waals surface area contributed by atoms with Crippen LogP contribution in [-0.4, -0.2) is 33.0 Å². The van der Waals surface area contributed by atoms with E-state index in [1.54, 1.807) is 7.11 Å². The molecule has 6 nitrogen and oxygen atoms in total. The zero-order valence-corrected chi connectivity index (χ0v) is 16.4. The van der Waals surface area contributed by atoms with Crippen LogP contribution < -0.4 is 10.1 Å². The summed E-state index contributed by atoms with van der Waals surface area (Å²) in [4.78, 5) is 12.4. The van der Waals surface area contributed by atoms with E-state index in [0.29, 0.717) is 17.5 Å². The largest absolute Gasteiger partial charge is 0.496 e. The molecule has 7 heteroatoms. The van der Waals surface area contributed by atoms with Gasteiger partial charge in [-0.15, -0.1) is 10.2 Å². The van der Waals surface area contributed by atoms with E-state index in [9.17, 15) is 4.79 Å². The van der Waals surface area contributed by atoms with E-state index in [-0.39, 0.29) is 11.2 Å². The zero-order chi connectivity index (χ0) is 19.2. The van der Waals surface area contributed by atoms with Gasteiger partial charge in [-0.05, 0) is 24.6 Å². The Morgan fingerprint density at radius 3 is 2.59 bits per heavy atom. The predicted molar refractivity (Wildman–Crippen MR) is 107 cm³/mol. The van der Waals surface area contributed by atoms with Gasteiger partial charge in [-0.3, -0.25) is 4.79 Å². The van der Waals surface area contributed by atoms with Crippen molar-refractivity contribution in [3.63, 3.8) is 0 Å².